The largest absolute Gasteiger partial charge is 0.493 e. The predicted octanol–water partition coefficient (Wildman–Crippen LogP) is 6.18. The van der Waals surface area contributed by atoms with Gasteiger partial charge >= 0.3 is 0 Å². The Balaban J connectivity index is 1.95. The fraction of sp³-hybridized carbons (Fsp3) is 0.594. The van der Waals surface area contributed by atoms with Crippen LogP contribution in [0.4, 0.5) is 4.39 Å². The summed E-state index contributed by atoms with van der Waals surface area (Å²) >= 11 is 0. The van der Waals surface area contributed by atoms with Gasteiger partial charge in [-0.15, -0.1) is 0 Å². The quantitative estimate of drug-likeness (QED) is 0.219. The second-order valence-electron chi connectivity index (χ2n) is 11.0. The minimum atomic E-state index is -0.589. The molecule has 1 amide bonds. The number of aliphatic hydroxyl groups excluding tert-OH is 1. The molecule has 0 aliphatic carbocycles. The zero-order valence-electron chi connectivity index (χ0n) is 24.5. The minimum absolute atomic E-state index is 0.0581. The van der Waals surface area contributed by atoms with Crippen molar-refractivity contribution in [3.63, 3.8) is 0 Å². The average molecular weight is 546 g/mol. The number of halogens is 1. The van der Waals surface area contributed by atoms with E-state index in [2.05, 4.69) is 25.2 Å². The second kappa shape index (κ2) is 17.1. The molecule has 0 saturated heterocycles. The van der Waals surface area contributed by atoms with Crippen molar-refractivity contribution in [2.75, 3.05) is 27.4 Å². The zero-order chi connectivity index (χ0) is 28.8. The van der Waals surface area contributed by atoms with Crippen molar-refractivity contribution in [3.8, 4) is 11.5 Å². The van der Waals surface area contributed by atoms with E-state index in [-0.39, 0.29) is 30.1 Å². The van der Waals surface area contributed by atoms with Gasteiger partial charge in [0.25, 0.3) is 0 Å². The molecule has 2 N–H and O–H groups in total. The summed E-state index contributed by atoms with van der Waals surface area (Å²) in [7, 11) is 3.32. The first-order chi connectivity index (χ1) is 18.7. The summed E-state index contributed by atoms with van der Waals surface area (Å²) in [6.45, 7) is 9.71. The first kappa shape index (κ1) is 32.6. The van der Waals surface area contributed by atoms with Gasteiger partial charge in [0, 0.05) is 38.2 Å². The van der Waals surface area contributed by atoms with Crippen LogP contribution in [0.25, 0.3) is 0 Å². The third-order valence-corrected chi connectivity index (χ3v) is 7.37. The van der Waals surface area contributed by atoms with E-state index in [0.717, 1.165) is 25.0 Å². The highest BCUT2D eigenvalue weighted by Gasteiger charge is 2.26. The summed E-state index contributed by atoms with van der Waals surface area (Å²) in [5.74, 6) is 1.46. The lowest BCUT2D eigenvalue weighted by atomic mass is 9.82. The summed E-state index contributed by atoms with van der Waals surface area (Å²) in [5.41, 5.74) is 1.62. The predicted molar refractivity (Wildman–Crippen MR) is 153 cm³/mol. The monoisotopic (exact) mass is 545 g/mol. The van der Waals surface area contributed by atoms with Crippen molar-refractivity contribution in [2.45, 2.75) is 72.4 Å². The van der Waals surface area contributed by atoms with Crippen LogP contribution in [-0.4, -0.2) is 44.6 Å². The molecular formula is C32H48FNO5. The molecule has 2 unspecified atom stereocenters. The van der Waals surface area contributed by atoms with Gasteiger partial charge in [0.15, 0.2) is 11.5 Å². The van der Waals surface area contributed by atoms with E-state index in [4.69, 9.17) is 14.2 Å². The minimum Gasteiger partial charge on any atom is -0.493 e. The van der Waals surface area contributed by atoms with Crippen molar-refractivity contribution in [2.24, 2.45) is 23.7 Å². The molecule has 0 saturated carbocycles. The van der Waals surface area contributed by atoms with Crippen molar-refractivity contribution in [3.05, 3.63) is 59.4 Å². The summed E-state index contributed by atoms with van der Waals surface area (Å²) in [5, 5.41) is 13.8. The van der Waals surface area contributed by atoms with Gasteiger partial charge in [0.1, 0.15) is 5.82 Å². The Bertz CT molecular complexity index is 996. The first-order valence-electron chi connectivity index (χ1n) is 14.1. The molecule has 0 bridgehead atoms. The van der Waals surface area contributed by atoms with E-state index >= 15 is 0 Å². The molecule has 2 aromatic carbocycles. The topological polar surface area (TPSA) is 77.0 Å². The van der Waals surface area contributed by atoms with Crippen molar-refractivity contribution in [1.29, 1.82) is 0 Å². The molecule has 0 aliphatic heterocycles. The van der Waals surface area contributed by atoms with Crippen LogP contribution in [0.15, 0.2) is 42.5 Å². The maximum absolute atomic E-state index is 13.9. The van der Waals surface area contributed by atoms with Crippen LogP contribution in [0.5, 0.6) is 11.5 Å². The number of amides is 1. The molecular weight excluding hydrogens is 497 g/mol. The van der Waals surface area contributed by atoms with Crippen LogP contribution < -0.4 is 14.8 Å². The van der Waals surface area contributed by atoms with E-state index in [1.54, 1.807) is 32.4 Å². The van der Waals surface area contributed by atoms with Gasteiger partial charge in [-0.2, -0.15) is 0 Å². The summed E-state index contributed by atoms with van der Waals surface area (Å²) in [6, 6.07) is 12.5. The molecule has 2 aromatic rings. The highest BCUT2D eigenvalue weighted by Crippen LogP contribution is 2.32. The molecule has 0 aromatic heterocycles. The molecule has 0 heterocycles. The molecule has 7 heteroatoms. The fourth-order valence-corrected chi connectivity index (χ4v) is 4.77. The number of hydrogen-bond acceptors (Lipinski definition) is 5. The van der Waals surface area contributed by atoms with Gasteiger partial charge in [0.05, 0.1) is 19.8 Å². The molecule has 2 rings (SSSR count). The van der Waals surface area contributed by atoms with Gasteiger partial charge in [-0.3, -0.25) is 4.79 Å². The highest BCUT2D eigenvalue weighted by molar-refractivity contribution is 5.78. The van der Waals surface area contributed by atoms with Crippen LogP contribution >= 0.6 is 0 Å². The van der Waals surface area contributed by atoms with E-state index in [1.165, 1.54) is 11.6 Å². The van der Waals surface area contributed by atoms with Crippen LogP contribution in [0.1, 0.15) is 64.5 Å². The van der Waals surface area contributed by atoms with Gasteiger partial charge < -0.3 is 24.6 Å². The van der Waals surface area contributed by atoms with Crippen LogP contribution in [0.2, 0.25) is 0 Å². The first-order valence-corrected chi connectivity index (χ1v) is 14.1. The normalized spacial score (nSPS) is 13.8. The third-order valence-electron chi connectivity index (χ3n) is 7.37. The Labute approximate surface area is 234 Å². The number of carbonyl (C=O) groups excluding carboxylic acids is 1. The average Bonchev–Trinajstić information content (AvgIpc) is 2.91. The van der Waals surface area contributed by atoms with Crippen LogP contribution in [0.3, 0.4) is 0 Å². The Morgan fingerprint density at radius 1 is 0.974 bits per heavy atom. The molecule has 218 valence electrons. The molecule has 0 fully saturated rings. The maximum Gasteiger partial charge on any atom is 0.223 e. The number of aliphatic hydroxyl groups is 1. The summed E-state index contributed by atoms with van der Waals surface area (Å²) < 4.78 is 30.5. The number of hydrogen-bond donors (Lipinski definition) is 2. The lowest BCUT2D eigenvalue weighted by molar-refractivity contribution is -0.127. The number of benzene rings is 2. The molecule has 3 atom stereocenters. The van der Waals surface area contributed by atoms with Gasteiger partial charge in [-0.05, 0) is 67.2 Å². The standard InChI is InChI=1S/C32H48FNO5/c1-22(2)25(18-24-12-15-30(38-6)31(19-24)39-17-9-16-37-5)13-14-27(35)20-28(23(3)4)32(36)34-21-26-10-7-8-11-29(26)33/h7-8,10-12,15,19,22-23,25,27-28,35H,9,13-14,16-18,20-21H2,1-6H3,(H,34,36)/t25?,27-,28?/m1/s1. The number of nitrogens with one attached hydrogen (secondary N) is 1. The fourth-order valence-electron chi connectivity index (χ4n) is 4.77. The number of rotatable bonds is 18. The van der Waals surface area contributed by atoms with Crippen LogP contribution in [0, 0.1) is 29.5 Å². The highest BCUT2D eigenvalue weighted by atomic mass is 19.1. The number of ether oxygens (including phenoxy) is 3. The number of methoxy groups -OCH3 is 2. The lowest BCUT2D eigenvalue weighted by Crippen LogP contribution is -2.35. The van der Waals surface area contributed by atoms with E-state index < -0.39 is 6.10 Å². The maximum atomic E-state index is 13.9. The van der Waals surface area contributed by atoms with Crippen LogP contribution in [-0.2, 0) is 22.5 Å². The molecule has 39 heavy (non-hydrogen) atoms. The Kier molecular flexibility index (Phi) is 14.3. The SMILES string of the molecule is COCCCOc1cc(CC(CC[C@@H](O)CC(C(=O)NCc2ccccc2F)C(C)C)C(C)C)ccc1OC. The van der Waals surface area contributed by atoms with Gasteiger partial charge in [-0.1, -0.05) is 52.0 Å². The van der Waals surface area contributed by atoms with Crippen molar-refractivity contribution in [1.82, 2.24) is 5.32 Å². The lowest BCUT2D eigenvalue weighted by Gasteiger charge is -2.26. The van der Waals surface area contributed by atoms with Crippen molar-refractivity contribution < 1.29 is 28.5 Å². The smallest absolute Gasteiger partial charge is 0.223 e. The van der Waals surface area contributed by atoms with Crippen molar-refractivity contribution >= 4 is 5.91 Å². The van der Waals surface area contributed by atoms with E-state index in [0.29, 0.717) is 49.2 Å². The Morgan fingerprint density at radius 3 is 2.36 bits per heavy atom. The van der Waals surface area contributed by atoms with Gasteiger partial charge in [0.2, 0.25) is 5.91 Å². The summed E-state index contributed by atoms with van der Waals surface area (Å²) in [4.78, 5) is 12.9. The molecule has 0 aliphatic rings. The Morgan fingerprint density at radius 2 is 1.72 bits per heavy atom. The summed E-state index contributed by atoms with van der Waals surface area (Å²) in [6.07, 6.45) is 2.91. The molecule has 0 radical (unpaired) electrons. The van der Waals surface area contributed by atoms with E-state index in [9.17, 15) is 14.3 Å². The third kappa shape index (κ3) is 11.2. The zero-order valence-corrected chi connectivity index (χ0v) is 24.5. The molecule has 0 spiro atoms. The Hall–Kier alpha value is -2.64. The van der Waals surface area contributed by atoms with Gasteiger partial charge in [-0.25, -0.2) is 4.39 Å². The number of carbonyl (C=O) groups is 1. The second-order valence-corrected chi connectivity index (χ2v) is 11.0. The van der Waals surface area contributed by atoms with E-state index in [1.807, 2.05) is 26.0 Å². The molecule has 6 nitrogen and oxygen atoms in total.